The summed E-state index contributed by atoms with van der Waals surface area (Å²) in [4.78, 5) is 39.1. The molecule has 0 radical (unpaired) electrons. The number of fused-ring (bicyclic) bond motifs is 3. The Morgan fingerprint density at radius 2 is 1.68 bits per heavy atom. The Kier molecular flexibility index (Phi) is 6.91. The number of carbonyl (C=O) groups is 3. The van der Waals surface area contributed by atoms with Gasteiger partial charge in [-0.2, -0.15) is 0 Å². The minimum atomic E-state index is -1.18. The molecule has 7 heteroatoms. The molecule has 2 N–H and O–H groups in total. The molecule has 34 heavy (non-hydrogen) atoms. The van der Waals surface area contributed by atoms with Gasteiger partial charge in [-0.05, 0) is 47.9 Å². The summed E-state index contributed by atoms with van der Waals surface area (Å²) in [6.07, 6.45) is 2.97. The summed E-state index contributed by atoms with van der Waals surface area (Å²) in [5, 5.41) is 12.4. The standard InChI is InChI=1S/C27H32N2O5/c1-3-4-14-23(24(30)29(2)27(25(31)32)15-9-16-27)28-26(33)34-17-22-20-12-7-5-10-18(20)19-11-6-8-13-21(19)22/h5-8,10-13,22-23H,3-4,9,14-17H2,1-2H3,(H,28,33)(H,31,32). The summed E-state index contributed by atoms with van der Waals surface area (Å²) in [5.41, 5.74) is 3.34. The van der Waals surface area contributed by atoms with Crippen molar-refractivity contribution in [3.63, 3.8) is 0 Å². The quantitative estimate of drug-likeness (QED) is 0.568. The Morgan fingerprint density at radius 3 is 2.18 bits per heavy atom. The Morgan fingerprint density at radius 1 is 1.09 bits per heavy atom. The fourth-order valence-corrected chi connectivity index (χ4v) is 5.10. The molecule has 2 aromatic carbocycles. The Balaban J connectivity index is 1.44. The molecule has 1 fully saturated rings. The number of rotatable bonds is 9. The minimum Gasteiger partial charge on any atom is -0.479 e. The highest BCUT2D eigenvalue weighted by Crippen LogP contribution is 2.44. The molecule has 4 rings (SSSR count). The second-order valence-corrected chi connectivity index (χ2v) is 9.25. The van der Waals surface area contributed by atoms with E-state index >= 15 is 0 Å². The van der Waals surface area contributed by atoms with Crippen molar-refractivity contribution in [2.75, 3.05) is 13.7 Å². The topological polar surface area (TPSA) is 95.9 Å². The molecular weight excluding hydrogens is 432 g/mol. The zero-order valence-electron chi connectivity index (χ0n) is 19.8. The van der Waals surface area contributed by atoms with E-state index in [1.54, 1.807) is 0 Å². The van der Waals surface area contributed by atoms with Gasteiger partial charge < -0.3 is 20.1 Å². The van der Waals surface area contributed by atoms with Crippen LogP contribution in [0.25, 0.3) is 11.1 Å². The SMILES string of the molecule is CCCCC(NC(=O)OCC1c2ccccc2-c2ccccc21)C(=O)N(C)C1(C(=O)O)CCC1. The molecule has 2 amide bonds. The number of unbranched alkanes of at least 4 members (excludes halogenated alkanes) is 1. The van der Waals surface area contributed by atoms with Crippen molar-refractivity contribution in [1.29, 1.82) is 0 Å². The van der Waals surface area contributed by atoms with Crippen LogP contribution in [0.3, 0.4) is 0 Å². The van der Waals surface area contributed by atoms with E-state index in [1.165, 1.54) is 11.9 Å². The van der Waals surface area contributed by atoms with Gasteiger partial charge in [-0.25, -0.2) is 9.59 Å². The van der Waals surface area contributed by atoms with Gasteiger partial charge in [0.2, 0.25) is 5.91 Å². The van der Waals surface area contributed by atoms with Gasteiger partial charge in [-0.1, -0.05) is 68.3 Å². The lowest BCUT2D eigenvalue weighted by atomic mass is 9.75. The average molecular weight is 465 g/mol. The first-order chi connectivity index (χ1) is 16.4. The van der Waals surface area contributed by atoms with Crippen LogP contribution in [0.2, 0.25) is 0 Å². The Hall–Kier alpha value is -3.35. The molecule has 2 aliphatic rings. The molecule has 1 saturated carbocycles. The lowest BCUT2D eigenvalue weighted by Gasteiger charge is -2.45. The largest absolute Gasteiger partial charge is 0.479 e. The van der Waals surface area contributed by atoms with E-state index in [9.17, 15) is 19.5 Å². The number of hydrogen-bond donors (Lipinski definition) is 2. The molecule has 180 valence electrons. The van der Waals surface area contributed by atoms with Crippen LogP contribution in [0.5, 0.6) is 0 Å². The summed E-state index contributed by atoms with van der Waals surface area (Å²) in [6.45, 7) is 2.16. The number of carboxylic acid groups (broad SMARTS) is 1. The van der Waals surface area contributed by atoms with Crippen LogP contribution in [0.15, 0.2) is 48.5 Å². The Bertz CT molecular complexity index is 1030. The van der Waals surface area contributed by atoms with Gasteiger partial charge in [0.1, 0.15) is 18.2 Å². The first kappa shape index (κ1) is 23.8. The van der Waals surface area contributed by atoms with Crippen LogP contribution in [-0.2, 0) is 14.3 Å². The fraction of sp³-hybridized carbons (Fsp3) is 0.444. The van der Waals surface area contributed by atoms with E-state index in [-0.39, 0.29) is 18.4 Å². The van der Waals surface area contributed by atoms with E-state index in [1.807, 2.05) is 43.3 Å². The molecule has 0 heterocycles. The second kappa shape index (κ2) is 9.87. The zero-order chi connectivity index (χ0) is 24.3. The van der Waals surface area contributed by atoms with Crippen molar-refractivity contribution in [3.8, 4) is 11.1 Å². The molecule has 0 saturated heterocycles. The molecule has 2 aromatic rings. The highest BCUT2D eigenvalue weighted by molar-refractivity contribution is 5.91. The number of nitrogens with zero attached hydrogens (tertiary/aromatic N) is 1. The van der Waals surface area contributed by atoms with Crippen LogP contribution in [0.1, 0.15) is 62.5 Å². The predicted octanol–water partition coefficient (Wildman–Crippen LogP) is 4.55. The van der Waals surface area contributed by atoms with Crippen molar-refractivity contribution in [2.45, 2.75) is 62.9 Å². The van der Waals surface area contributed by atoms with Gasteiger partial charge in [-0.15, -0.1) is 0 Å². The van der Waals surface area contributed by atoms with Gasteiger partial charge in [0.15, 0.2) is 0 Å². The lowest BCUT2D eigenvalue weighted by Crippen LogP contribution is -2.63. The third kappa shape index (κ3) is 4.27. The number of alkyl carbamates (subject to hydrolysis) is 1. The van der Waals surface area contributed by atoms with E-state index < -0.39 is 23.6 Å². The number of hydrogen-bond acceptors (Lipinski definition) is 4. The van der Waals surface area contributed by atoms with Gasteiger partial charge >= 0.3 is 12.1 Å². The number of nitrogens with one attached hydrogen (secondary N) is 1. The van der Waals surface area contributed by atoms with Crippen molar-refractivity contribution in [3.05, 3.63) is 59.7 Å². The summed E-state index contributed by atoms with van der Waals surface area (Å²) in [6, 6.07) is 15.4. The maximum absolute atomic E-state index is 13.2. The molecule has 7 nitrogen and oxygen atoms in total. The Labute approximate surface area is 200 Å². The third-order valence-electron chi connectivity index (χ3n) is 7.33. The number of likely N-dealkylation sites (N-methyl/N-ethyl adjacent to an activating group) is 1. The van der Waals surface area contributed by atoms with Gasteiger partial charge in [-0.3, -0.25) is 4.79 Å². The number of amides is 2. The second-order valence-electron chi connectivity index (χ2n) is 9.25. The number of carbonyl (C=O) groups excluding carboxylic acids is 2. The highest BCUT2D eigenvalue weighted by Gasteiger charge is 2.50. The first-order valence-corrected chi connectivity index (χ1v) is 12.0. The normalized spacial score (nSPS) is 16.5. The zero-order valence-corrected chi connectivity index (χ0v) is 19.8. The van der Waals surface area contributed by atoms with Crippen LogP contribution >= 0.6 is 0 Å². The minimum absolute atomic E-state index is 0.0733. The predicted molar refractivity (Wildman–Crippen MR) is 129 cm³/mol. The van der Waals surface area contributed by atoms with E-state index in [0.717, 1.165) is 41.5 Å². The average Bonchev–Trinajstić information content (AvgIpc) is 3.12. The number of benzene rings is 2. The van der Waals surface area contributed by atoms with Crippen molar-refractivity contribution < 1.29 is 24.2 Å². The molecule has 2 aliphatic carbocycles. The van der Waals surface area contributed by atoms with Crippen LogP contribution in [-0.4, -0.2) is 53.2 Å². The maximum Gasteiger partial charge on any atom is 0.407 e. The summed E-state index contributed by atoms with van der Waals surface area (Å²) >= 11 is 0. The molecule has 0 aliphatic heterocycles. The molecular formula is C27H32N2O5. The van der Waals surface area contributed by atoms with Gasteiger partial charge in [0, 0.05) is 13.0 Å². The monoisotopic (exact) mass is 464 g/mol. The number of carboxylic acids is 1. The summed E-state index contributed by atoms with van der Waals surface area (Å²) in [7, 11) is 1.52. The fourth-order valence-electron chi connectivity index (χ4n) is 5.10. The number of ether oxygens (including phenoxy) is 1. The first-order valence-electron chi connectivity index (χ1n) is 12.0. The summed E-state index contributed by atoms with van der Waals surface area (Å²) < 4.78 is 5.62. The summed E-state index contributed by atoms with van der Waals surface area (Å²) in [5.74, 6) is -1.45. The van der Waals surface area contributed by atoms with Crippen LogP contribution < -0.4 is 5.32 Å². The van der Waals surface area contributed by atoms with Gasteiger partial charge in [0.05, 0.1) is 0 Å². The smallest absolute Gasteiger partial charge is 0.407 e. The van der Waals surface area contributed by atoms with Gasteiger partial charge in [0.25, 0.3) is 0 Å². The molecule has 0 bridgehead atoms. The molecule has 0 aromatic heterocycles. The molecule has 1 unspecified atom stereocenters. The third-order valence-corrected chi connectivity index (χ3v) is 7.33. The molecule has 0 spiro atoms. The molecule has 1 atom stereocenters. The highest BCUT2D eigenvalue weighted by atomic mass is 16.5. The van der Waals surface area contributed by atoms with Crippen molar-refractivity contribution in [1.82, 2.24) is 10.2 Å². The van der Waals surface area contributed by atoms with Crippen molar-refractivity contribution >= 4 is 18.0 Å². The van der Waals surface area contributed by atoms with Crippen LogP contribution in [0, 0.1) is 0 Å². The number of aliphatic carboxylic acids is 1. The van der Waals surface area contributed by atoms with Crippen molar-refractivity contribution in [2.24, 2.45) is 0 Å². The van der Waals surface area contributed by atoms with E-state index in [0.29, 0.717) is 19.3 Å². The van der Waals surface area contributed by atoms with E-state index in [2.05, 4.69) is 17.4 Å². The van der Waals surface area contributed by atoms with E-state index in [4.69, 9.17) is 4.74 Å². The lowest BCUT2D eigenvalue weighted by molar-refractivity contribution is -0.165. The van der Waals surface area contributed by atoms with Crippen LogP contribution in [0.4, 0.5) is 4.79 Å². The maximum atomic E-state index is 13.2.